The summed E-state index contributed by atoms with van der Waals surface area (Å²) in [5.74, 6) is -1.70. The fourth-order valence-electron chi connectivity index (χ4n) is 4.33. The van der Waals surface area contributed by atoms with Gasteiger partial charge in [0.25, 0.3) is 0 Å². The van der Waals surface area contributed by atoms with Gasteiger partial charge >= 0.3 is 0 Å². The fourth-order valence-corrected chi connectivity index (χ4v) is 4.77. The van der Waals surface area contributed by atoms with Crippen molar-refractivity contribution in [3.05, 3.63) is 101 Å². The predicted molar refractivity (Wildman–Crippen MR) is 159 cm³/mol. The van der Waals surface area contributed by atoms with E-state index in [4.69, 9.17) is 24.7 Å². The van der Waals surface area contributed by atoms with Gasteiger partial charge in [-0.3, -0.25) is 4.57 Å². The smallest absolute Gasteiger partial charge is 0.149 e. The van der Waals surface area contributed by atoms with Crippen molar-refractivity contribution in [3.63, 3.8) is 0 Å². The first-order chi connectivity index (χ1) is 25.0. The maximum atomic E-state index is 12.3. The molecule has 0 amide bonds. The van der Waals surface area contributed by atoms with Gasteiger partial charge in [-0.1, -0.05) is 102 Å². The van der Waals surface area contributed by atoms with Gasteiger partial charge in [-0.15, -0.1) is 0 Å². The molecule has 0 saturated carbocycles. The molecule has 1 aromatic heterocycles. The van der Waals surface area contributed by atoms with Crippen LogP contribution in [0.3, 0.4) is 0 Å². The normalized spacial score (nSPS) is 21.5. The van der Waals surface area contributed by atoms with Crippen molar-refractivity contribution >= 4 is 27.0 Å². The average molecular weight is 572 g/mol. The van der Waals surface area contributed by atoms with Gasteiger partial charge < -0.3 is 5.11 Å². The van der Waals surface area contributed by atoms with Crippen LogP contribution in [0.15, 0.2) is 89.4 Å². The summed E-state index contributed by atoms with van der Waals surface area (Å²) in [7, 11) is 0. The lowest BCUT2D eigenvalue weighted by Gasteiger charge is -2.27. The monoisotopic (exact) mass is 570 g/mol. The van der Waals surface area contributed by atoms with Gasteiger partial charge in [-0.2, -0.15) is 0 Å². The van der Waals surface area contributed by atoms with Crippen molar-refractivity contribution < 1.29 is 29.8 Å². The molecule has 1 N–H and O–H groups in total. The van der Waals surface area contributed by atoms with Crippen molar-refractivity contribution in [2.24, 2.45) is 0 Å². The molecule has 0 unspecified atom stereocenters. The largest absolute Gasteiger partial charge is 0.507 e. The first-order valence-corrected chi connectivity index (χ1v) is 12.0. The van der Waals surface area contributed by atoms with Gasteiger partial charge in [-0.05, 0) is 62.2 Å². The van der Waals surface area contributed by atoms with Crippen LogP contribution < -0.4 is 0 Å². The van der Waals surface area contributed by atoms with E-state index in [0.29, 0.717) is 32.9 Å². The lowest BCUT2D eigenvalue weighted by atomic mass is 9.79. The van der Waals surface area contributed by atoms with Crippen LogP contribution in [-0.2, 0) is 10.8 Å². The maximum absolute atomic E-state index is 12.3. The van der Waals surface area contributed by atoms with E-state index in [0.717, 1.165) is 0 Å². The molecule has 0 aliphatic carbocycles. The number of fused-ring (bicyclic) bond motifs is 1. The van der Waals surface area contributed by atoms with Gasteiger partial charge in [0, 0.05) is 40.3 Å². The van der Waals surface area contributed by atoms with Crippen molar-refractivity contribution in [1.82, 2.24) is 9.55 Å². The molecule has 188 valence electrons. The fraction of sp³-hybridized carbons (Fsp3) is 0.242. The van der Waals surface area contributed by atoms with Gasteiger partial charge in [0.2, 0.25) is 0 Å². The highest BCUT2D eigenvalue weighted by Crippen LogP contribution is 2.44. The molecule has 0 radical (unpaired) electrons. The molecule has 5 rings (SSSR count). The highest BCUT2D eigenvalue weighted by molar-refractivity contribution is 9.10. The zero-order valence-corrected chi connectivity index (χ0v) is 20.9. The Morgan fingerprint density at radius 3 is 2.22 bits per heavy atom. The Labute approximate surface area is 253 Å². The van der Waals surface area contributed by atoms with E-state index in [-0.39, 0.29) is 17.4 Å². The minimum absolute atomic E-state index is 0.189. The zero-order valence-electron chi connectivity index (χ0n) is 37.3. The number of phenols is 1. The van der Waals surface area contributed by atoms with Crippen LogP contribution in [0.1, 0.15) is 76.9 Å². The number of phenolic OH excluding ortho intramolecular Hbond substituents is 1. The van der Waals surface area contributed by atoms with E-state index in [1.165, 1.54) is 4.57 Å². The van der Waals surface area contributed by atoms with E-state index in [2.05, 4.69) is 20.9 Å². The summed E-state index contributed by atoms with van der Waals surface area (Å²) >= 11 is 3.44. The molecular formula is C33H33BrN2O. The number of aromatic nitrogens is 2. The average Bonchev–Trinajstić information content (AvgIpc) is 3.39. The Bertz CT molecular complexity index is 2160. The first-order valence-electron chi connectivity index (χ1n) is 20.2. The Morgan fingerprint density at radius 2 is 1.49 bits per heavy atom. The zero-order chi connectivity index (χ0) is 41.5. The van der Waals surface area contributed by atoms with Crippen LogP contribution >= 0.6 is 15.9 Å². The molecule has 4 aromatic carbocycles. The van der Waals surface area contributed by atoms with Gasteiger partial charge in [-0.25, -0.2) is 4.98 Å². The molecule has 4 heteroatoms. The maximum Gasteiger partial charge on any atom is 0.149 e. The second-order valence-electron chi connectivity index (χ2n) is 8.68. The van der Waals surface area contributed by atoms with Crippen LogP contribution in [0.5, 0.6) is 5.75 Å². The number of imidazole rings is 1. The van der Waals surface area contributed by atoms with Crippen LogP contribution in [0, 0.1) is 0 Å². The van der Waals surface area contributed by atoms with Gasteiger partial charge in [0.1, 0.15) is 17.1 Å². The van der Waals surface area contributed by atoms with Crippen molar-refractivity contribution in [3.8, 4) is 34.0 Å². The molecule has 0 spiro atoms. The predicted octanol–water partition coefficient (Wildman–Crippen LogP) is 9.42. The summed E-state index contributed by atoms with van der Waals surface area (Å²) in [6, 6.07) is 21.5. The van der Waals surface area contributed by atoms with Crippen LogP contribution in [0.4, 0.5) is 0 Å². The Morgan fingerprint density at radius 1 is 0.784 bits per heavy atom. The van der Waals surface area contributed by atoms with Crippen molar-refractivity contribution in [1.29, 1.82) is 0 Å². The third kappa shape index (κ3) is 4.59. The number of hydrogen-bond donors (Lipinski definition) is 1. The second-order valence-corrected chi connectivity index (χ2v) is 9.54. The van der Waals surface area contributed by atoms with Gasteiger partial charge in [0.05, 0.1) is 16.8 Å². The second kappa shape index (κ2) is 9.18. The van der Waals surface area contributed by atoms with E-state index in [9.17, 15) is 5.11 Å². The van der Waals surface area contributed by atoms with Crippen LogP contribution in [0.25, 0.3) is 39.2 Å². The van der Waals surface area contributed by atoms with E-state index in [1.54, 1.807) is 72.8 Å². The minimum atomic E-state index is -4.05. The standard InChI is InChI=1S/C33H33BrN2O/c1-32(2,3)22-19-24(30(37)25(20-22)33(4,5)6)31-35-29-26(34)16-12-18-28(29)36(31)27-17-11-10-15-23(27)21-13-8-7-9-14-21/h7-20,37H,1-6H3/i1D3,2D3,3D3,4D3,5D3,6D3. The summed E-state index contributed by atoms with van der Waals surface area (Å²) in [5, 5.41) is 12.3. The number of para-hydroxylation sites is 2. The highest BCUT2D eigenvalue weighted by Gasteiger charge is 2.28. The quantitative estimate of drug-likeness (QED) is 0.234. The third-order valence-electron chi connectivity index (χ3n) is 6.05. The first kappa shape index (κ1) is 11.6. The number of aromatic hydroxyl groups is 1. The number of rotatable bonds is 3. The third-order valence-corrected chi connectivity index (χ3v) is 6.69. The molecule has 3 nitrogen and oxygen atoms in total. The Balaban J connectivity index is 2.16. The molecule has 0 aliphatic heterocycles. The summed E-state index contributed by atoms with van der Waals surface area (Å²) in [4.78, 5) is 4.69. The lowest BCUT2D eigenvalue weighted by Crippen LogP contribution is -2.17. The van der Waals surface area contributed by atoms with Gasteiger partial charge in [0.15, 0.2) is 0 Å². The van der Waals surface area contributed by atoms with E-state index >= 15 is 0 Å². The number of hydrogen-bond acceptors (Lipinski definition) is 2. The summed E-state index contributed by atoms with van der Waals surface area (Å²) in [6.07, 6.45) is 0. The molecule has 5 aromatic rings. The molecular weight excluding hydrogens is 520 g/mol. The lowest BCUT2D eigenvalue weighted by molar-refractivity contribution is 0.446. The molecule has 37 heavy (non-hydrogen) atoms. The van der Waals surface area contributed by atoms with E-state index in [1.807, 2.05) is 0 Å². The van der Waals surface area contributed by atoms with E-state index < -0.39 is 74.4 Å². The molecule has 0 bridgehead atoms. The summed E-state index contributed by atoms with van der Waals surface area (Å²) in [5.41, 5.74) is -9.28. The molecule has 0 atom stereocenters. The highest BCUT2D eigenvalue weighted by atomic mass is 79.9. The number of halogens is 1. The molecule has 0 fully saturated rings. The Kier molecular flexibility index (Phi) is 2.87. The van der Waals surface area contributed by atoms with Crippen molar-refractivity contribution in [2.75, 3.05) is 0 Å². The van der Waals surface area contributed by atoms with Crippen LogP contribution in [0.2, 0.25) is 0 Å². The number of nitrogens with zero attached hydrogens (tertiary/aromatic N) is 2. The topological polar surface area (TPSA) is 38.0 Å². The summed E-state index contributed by atoms with van der Waals surface area (Å²) < 4.78 is 153. The summed E-state index contributed by atoms with van der Waals surface area (Å²) in [6.45, 7) is -24.1. The Hall–Kier alpha value is -3.37. The minimum Gasteiger partial charge on any atom is -0.507 e. The molecule has 0 saturated heterocycles. The number of benzene rings is 4. The SMILES string of the molecule is [2H]C([2H])([2H])C(c1cc(-c2nc3c(Br)cccc3n2-c2ccccc2-c2ccccc2)c(O)c(C(C([2H])([2H])[2H])(C([2H])([2H])[2H])C([2H])([2H])[2H])c1)(C([2H])([2H])[2H])C([2H])([2H])[2H]. The van der Waals surface area contributed by atoms with Crippen LogP contribution in [-0.4, -0.2) is 14.7 Å². The van der Waals surface area contributed by atoms with Crippen molar-refractivity contribution in [2.45, 2.75) is 51.9 Å². The molecule has 1 heterocycles. The molecule has 0 aliphatic rings.